The predicted molar refractivity (Wildman–Crippen MR) is 87.0 cm³/mol. The van der Waals surface area contributed by atoms with Crippen LogP contribution in [0.15, 0.2) is 48.8 Å². The quantitative estimate of drug-likeness (QED) is 0.859. The lowest BCUT2D eigenvalue weighted by Crippen LogP contribution is -2.31. The van der Waals surface area contributed by atoms with Crippen LogP contribution in [0.4, 0.5) is 0 Å². The Morgan fingerprint density at radius 1 is 1.05 bits per heavy atom. The van der Waals surface area contributed by atoms with E-state index in [4.69, 9.17) is 0 Å². The van der Waals surface area contributed by atoms with Crippen molar-refractivity contribution in [1.82, 2.24) is 14.8 Å². The third-order valence-corrected chi connectivity index (χ3v) is 4.35. The molecule has 0 radical (unpaired) electrons. The van der Waals surface area contributed by atoms with Gasteiger partial charge in [-0.1, -0.05) is 24.3 Å². The molecule has 1 fully saturated rings. The number of likely N-dealkylation sites (N-methyl/N-ethyl adjacent to an activating group) is 1. The lowest BCUT2D eigenvalue weighted by molar-refractivity contribution is 0.264. The number of pyridine rings is 1. The van der Waals surface area contributed by atoms with Gasteiger partial charge in [-0.2, -0.15) is 0 Å². The summed E-state index contributed by atoms with van der Waals surface area (Å²) in [6.45, 7) is 3.44. The molecule has 3 nitrogen and oxygen atoms in total. The summed E-state index contributed by atoms with van der Waals surface area (Å²) in [4.78, 5) is 8.96. The Morgan fingerprint density at radius 2 is 1.71 bits per heavy atom. The van der Waals surface area contributed by atoms with Crippen molar-refractivity contribution in [3.05, 3.63) is 54.4 Å². The van der Waals surface area contributed by atoms with Crippen LogP contribution in [0.25, 0.3) is 11.1 Å². The molecule has 1 aromatic heterocycles. The monoisotopic (exact) mass is 281 g/mol. The number of benzene rings is 1. The Balaban J connectivity index is 1.63. The van der Waals surface area contributed by atoms with Gasteiger partial charge in [-0.15, -0.1) is 0 Å². The molecule has 0 N–H and O–H groups in total. The lowest BCUT2D eigenvalue weighted by atomic mass is 10.1. The Labute approximate surface area is 127 Å². The van der Waals surface area contributed by atoms with E-state index in [0.29, 0.717) is 6.04 Å². The standard InChI is InChI=1S/C18H23N3/c1-20(2)18-9-12-21(14-18)13-15-3-5-16(6-4-15)17-7-10-19-11-8-17/h3-8,10-11,18H,9,12-14H2,1-2H3/t18-/m1/s1. The Bertz CT molecular complexity index is 563. The number of hydrogen-bond donors (Lipinski definition) is 0. The molecule has 0 unspecified atom stereocenters. The zero-order valence-corrected chi connectivity index (χ0v) is 12.9. The van der Waals surface area contributed by atoms with Crippen LogP contribution in [0.2, 0.25) is 0 Å². The van der Waals surface area contributed by atoms with Crippen molar-refractivity contribution in [3.8, 4) is 11.1 Å². The summed E-state index contributed by atoms with van der Waals surface area (Å²) in [7, 11) is 4.36. The largest absolute Gasteiger partial charge is 0.305 e. The summed E-state index contributed by atoms with van der Waals surface area (Å²) in [5.41, 5.74) is 3.88. The number of rotatable bonds is 4. The van der Waals surface area contributed by atoms with Gasteiger partial charge in [-0.25, -0.2) is 0 Å². The molecule has 2 aromatic rings. The molecule has 2 heterocycles. The highest BCUT2D eigenvalue weighted by Gasteiger charge is 2.23. The molecule has 1 aliphatic heterocycles. The van der Waals surface area contributed by atoms with Gasteiger partial charge in [0.25, 0.3) is 0 Å². The third-order valence-electron chi connectivity index (χ3n) is 4.35. The SMILES string of the molecule is CN(C)[C@@H]1CCN(Cc2ccc(-c3ccncc3)cc2)C1. The molecule has 0 bridgehead atoms. The van der Waals surface area contributed by atoms with E-state index < -0.39 is 0 Å². The highest BCUT2D eigenvalue weighted by molar-refractivity contribution is 5.62. The molecule has 1 aromatic carbocycles. The molecule has 0 spiro atoms. The highest BCUT2D eigenvalue weighted by atomic mass is 15.2. The van der Waals surface area contributed by atoms with E-state index in [2.05, 4.69) is 65.3 Å². The van der Waals surface area contributed by atoms with Crippen LogP contribution in [0.5, 0.6) is 0 Å². The van der Waals surface area contributed by atoms with E-state index >= 15 is 0 Å². The minimum absolute atomic E-state index is 0.709. The first kappa shape index (κ1) is 14.2. The first-order valence-corrected chi connectivity index (χ1v) is 7.60. The molecule has 1 aliphatic rings. The molecular formula is C18H23N3. The fourth-order valence-electron chi connectivity index (χ4n) is 2.98. The van der Waals surface area contributed by atoms with Crippen LogP contribution in [0.1, 0.15) is 12.0 Å². The van der Waals surface area contributed by atoms with Crippen LogP contribution in [-0.4, -0.2) is 48.0 Å². The van der Waals surface area contributed by atoms with Crippen molar-refractivity contribution < 1.29 is 0 Å². The van der Waals surface area contributed by atoms with Crippen molar-refractivity contribution in [2.45, 2.75) is 19.0 Å². The van der Waals surface area contributed by atoms with Crippen molar-refractivity contribution >= 4 is 0 Å². The van der Waals surface area contributed by atoms with Gasteiger partial charge in [0, 0.05) is 38.1 Å². The van der Waals surface area contributed by atoms with Crippen molar-refractivity contribution in [3.63, 3.8) is 0 Å². The van der Waals surface area contributed by atoms with Gasteiger partial charge in [-0.3, -0.25) is 9.88 Å². The van der Waals surface area contributed by atoms with Gasteiger partial charge in [0.2, 0.25) is 0 Å². The van der Waals surface area contributed by atoms with Crippen LogP contribution in [0, 0.1) is 0 Å². The van der Waals surface area contributed by atoms with E-state index in [-0.39, 0.29) is 0 Å². The average molecular weight is 281 g/mol. The van der Waals surface area contributed by atoms with E-state index in [1.807, 2.05) is 12.4 Å². The Kier molecular flexibility index (Phi) is 4.32. The van der Waals surface area contributed by atoms with Gasteiger partial charge in [0.1, 0.15) is 0 Å². The topological polar surface area (TPSA) is 19.4 Å². The molecule has 3 heteroatoms. The number of nitrogens with zero attached hydrogens (tertiary/aromatic N) is 3. The molecular weight excluding hydrogens is 258 g/mol. The predicted octanol–water partition coefficient (Wildman–Crippen LogP) is 2.88. The second-order valence-corrected chi connectivity index (χ2v) is 6.07. The molecule has 0 saturated carbocycles. The molecule has 3 rings (SSSR count). The summed E-state index contributed by atoms with van der Waals surface area (Å²) in [5.74, 6) is 0. The summed E-state index contributed by atoms with van der Waals surface area (Å²) >= 11 is 0. The second-order valence-electron chi connectivity index (χ2n) is 6.07. The molecule has 1 atom stereocenters. The molecule has 110 valence electrons. The summed E-state index contributed by atoms with van der Waals surface area (Å²) in [6.07, 6.45) is 4.96. The van der Waals surface area contributed by atoms with Crippen LogP contribution in [0.3, 0.4) is 0 Å². The van der Waals surface area contributed by atoms with Crippen LogP contribution < -0.4 is 0 Å². The smallest absolute Gasteiger partial charge is 0.0273 e. The number of likely N-dealkylation sites (tertiary alicyclic amines) is 1. The Morgan fingerprint density at radius 3 is 2.33 bits per heavy atom. The molecule has 21 heavy (non-hydrogen) atoms. The zero-order chi connectivity index (χ0) is 14.7. The van der Waals surface area contributed by atoms with Crippen LogP contribution in [-0.2, 0) is 6.54 Å². The lowest BCUT2D eigenvalue weighted by Gasteiger charge is -2.20. The third kappa shape index (κ3) is 3.49. The summed E-state index contributed by atoms with van der Waals surface area (Å²) < 4.78 is 0. The second kappa shape index (κ2) is 6.37. The number of hydrogen-bond acceptors (Lipinski definition) is 3. The van der Waals surface area contributed by atoms with Crippen molar-refractivity contribution in [2.75, 3.05) is 27.2 Å². The van der Waals surface area contributed by atoms with Gasteiger partial charge in [-0.05, 0) is 49.3 Å². The van der Waals surface area contributed by atoms with Crippen LogP contribution >= 0.6 is 0 Å². The maximum Gasteiger partial charge on any atom is 0.0273 e. The van der Waals surface area contributed by atoms with Gasteiger partial charge in [0.15, 0.2) is 0 Å². The van der Waals surface area contributed by atoms with Gasteiger partial charge < -0.3 is 4.90 Å². The normalized spacial score (nSPS) is 19.3. The highest BCUT2D eigenvalue weighted by Crippen LogP contribution is 2.21. The minimum Gasteiger partial charge on any atom is -0.305 e. The average Bonchev–Trinajstić information content (AvgIpc) is 2.98. The van der Waals surface area contributed by atoms with E-state index in [0.717, 1.165) is 6.54 Å². The van der Waals surface area contributed by atoms with Crippen molar-refractivity contribution in [2.24, 2.45) is 0 Å². The maximum absolute atomic E-state index is 4.07. The summed E-state index contributed by atoms with van der Waals surface area (Å²) in [5, 5.41) is 0. The Hall–Kier alpha value is -1.71. The minimum atomic E-state index is 0.709. The van der Waals surface area contributed by atoms with E-state index in [1.54, 1.807) is 0 Å². The maximum atomic E-state index is 4.07. The molecule has 0 aliphatic carbocycles. The fourth-order valence-corrected chi connectivity index (χ4v) is 2.98. The van der Waals surface area contributed by atoms with Gasteiger partial charge in [0.05, 0.1) is 0 Å². The molecule has 0 amide bonds. The molecule has 1 saturated heterocycles. The fraction of sp³-hybridized carbons (Fsp3) is 0.389. The first-order valence-electron chi connectivity index (χ1n) is 7.60. The van der Waals surface area contributed by atoms with Crippen molar-refractivity contribution in [1.29, 1.82) is 0 Å². The number of aromatic nitrogens is 1. The van der Waals surface area contributed by atoms with Gasteiger partial charge >= 0.3 is 0 Å². The first-order chi connectivity index (χ1) is 10.2. The van der Waals surface area contributed by atoms with E-state index in [1.165, 1.54) is 36.2 Å². The van der Waals surface area contributed by atoms with E-state index in [9.17, 15) is 0 Å². The summed E-state index contributed by atoms with van der Waals surface area (Å²) in [6, 6.07) is 13.7. The zero-order valence-electron chi connectivity index (χ0n) is 12.9.